The van der Waals surface area contributed by atoms with E-state index in [0.717, 1.165) is 50.1 Å². The fourth-order valence-electron chi connectivity index (χ4n) is 8.18. The van der Waals surface area contributed by atoms with Crippen LogP contribution in [0.15, 0.2) is 192 Å². The average Bonchev–Trinajstić information content (AvgIpc) is 3.80. The molecule has 0 aliphatic rings. The summed E-state index contributed by atoms with van der Waals surface area (Å²) in [5.41, 5.74) is 9.65. The van der Waals surface area contributed by atoms with Crippen LogP contribution in [0.3, 0.4) is 0 Å². The van der Waals surface area contributed by atoms with E-state index >= 15 is 0 Å². The Balaban J connectivity index is 1.15. The van der Waals surface area contributed by atoms with Crippen molar-refractivity contribution in [1.82, 2.24) is 0 Å². The summed E-state index contributed by atoms with van der Waals surface area (Å²) in [6.45, 7) is 0. The molecule has 0 fully saturated rings. The molecular formula is C50H31NOS. The molecule has 0 saturated heterocycles. The Morgan fingerprint density at radius 1 is 0.396 bits per heavy atom. The average molecular weight is 694 g/mol. The number of rotatable bonds is 5. The van der Waals surface area contributed by atoms with E-state index in [1.807, 2.05) is 11.3 Å². The van der Waals surface area contributed by atoms with Crippen molar-refractivity contribution < 1.29 is 4.42 Å². The largest absolute Gasteiger partial charge is 0.455 e. The lowest BCUT2D eigenvalue weighted by Crippen LogP contribution is -2.11. The van der Waals surface area contributed by atoms with Gasteiger partial charge in [0.1, 0.15) is 11.2 Å². The first-order chi connectivity index (χ1) is 26.3. The molecule has 11 aromatic rings. The maximum absolute atomic E-state index is 6.75. The molecule has 0 amide bonds. The molecule has 53 heavy (non-hydrogen) atoms. The van der Waals surface area contributed by atoms with Crippen LogP contribution in [0.5, 0.6) is 0 Å². The van der Waals surface area contributed by atoms with Crippen molar-refractivity contribution >= 4 is 92.1 Å². The second kappa shape index (κ2) is 11.9. The summed E-state index contributed by atoms with van der Waals surface area (Å²) in [6, 6.07) is 67.9. The normalized spacial score (nSPS) is 11.8. The molecule has 0 aliphatic heterocycles. The molecule has 11 rings (SSSR count). The van der Waals surface area contributed by atoms with Gasteiger partial charge in [-0.15, -0.1) is 11.3 Å². The van der Waals surface area contributed by atoms with Gasteiger partial charge in [-0.05, 0) is 81.4 Å². The zero-order valence-electron chi connectivity index (χ0n) is 28.7. The Bertz CT molecular complexity index is 3170. The number of fused-ring (bicyclic) bond motifs is 9. The molecule has 0 aliphatic carbocycles. The zero-order chi connectivity index (χ0) is 34.9. The minimum atomic E-state index is 0.878. The van der Waals surface area contributed by atoms with Gasteiger partial charge in [0, 0.05) is 42.2 Å². The van der Waals surface area contributed by atoms with E-state index in [-0.39, 0.29) is 0 Å². The highest BCUT2D eigenvalue weighted by Gasteiger charge is 2.23. The summed E-state index contributed by atoms with van der Waals surface area (Å²) in [5, 5.41) is 9.74. The first-order valence-electron chi connectivity index (χ1n) is 18.0. The van der Waals surface area contributed by atoms with E-state index in [9.17, 15) is 0 Å². The van der Waals surface area contributed by atoms with Gasteiger partial charge in [0.2, 0.25) is 0 Å². The number of benzene rings is 9. The van der Waals surface area contributed by atoms with Gasteiger partial charge < -0.3 is 9.32 Å². The summed E-state index contributed by atoms with van der Waals surface area (Å²) < 4.78 is 9.39. The van der Waals surface area contributed by atoms with Gasteiger partial charge in [0.25, 0.3) is 0 Å². The van der Waals surface area contributed by atoms with E-state index in [1.165, 1.54) is 52.8 Å². The van der Waals surface area contributed by atoms with Crippen molar-refractivity contribution in [3.05, 3.63) is 188 Å². The summed E-state index contributed by atoms with van der Waals surface area (Å²) >= 11 is 1.86. The van der Waals surface area contributed by atoms with Gasteiger partial charge in [-0.1, -0.05) is 140 Å². The summed E-state index contributed by atoms with van der Waals surface area (Å²) in [4.78, 5) is 2.43. The molecule has 0 N–H and O–H groups in total. The molecule has 2 nitrogen and oxygen atoms in total. The first-order valence-corrected chi connectivity index (χ1v) is 18.8. The molecule has 2 aromatic heterocycles. The number of hydrogen-bond acceptors (Lipinski definition) is 3. The predicted octanol–water partition coefficient (Wildman–Crippen LogP) is 15.1. The molecular weight excluding hydrogens is 663 g/mol. The van der Waals surface area contributed by atoms with Crippen molar-refractivity contribution in [1.29, 1.82) is 0 Å². The van der Waals surface area contributed by atoms with Gasteiger partial charge in [0.15, 0.2) is 0 Å². The van der Waals surface area contributed by atoms with Crippen molar-refractivity contribution in [3.8, 4) is 22.3 Å². The maximum atomic E-state index is 6.75. The van der Waals surface area contributed by atoms with Crippen LogP contribution in [0, 0.1) is 0 Å². The quantitative estimate of drug-likeness (QED) is 0.167. The van der Waals surface area contributed by atoms with Crippen LogP contribution in [0.2, 0.25) is 0 Å². The van der Waals surface area contributed by atoms with Crippen molar-refractivity contribution in [2.75, 3.05) is 4.90 Å². The Kier molecular flexibility index (Phi) is 6.76. The number of thiophene rings is 1. The molecule has 0 saturated carbocycles. The third-order valence-electron chi connectivity index (χ3n) is 10.7. The Morgan fingerprint density at radius 3 is 1.98 bits per heavy atom. The van der Waals surface area contributed by atoms with Gasteiger partial charge in [0.05, 0.1) is 16.8 Å². The second-order valence-electron chi connectivity index (χ2n) is 13.7. The minimum absolute atomic E-state index is 0.878. The molecule has 0 radical (unpaired) electrons. The van der Waals surface area contributed by atoms with Crippen molar-refractivity contribution in [2.45, 2.75) is 0 Å². The Labute approximate surface area is 310 Å². The van der Waals surface area contributed by atoms with Crippen LogP contribution < -0.4 is 4.90 Å². The lowest BCUT2D eigenvalue weighted by molar-refractivity contribution is 0.670. The smallest absolute Gasteiger partial charge is 0.145 e. The maximum Gasteiger partial charge on any atom is 0.145 e. The SMILES string of the molecule is c1ccc(-c2ccc(N(c3ccc(-c4ccc5c(c4)sc4ccccc45)cc3)c3cccc4c3ccc3ccccc34)c3c2oc2ccccc23)cc1. The van der Waals surface area contributed by atoms with Gasteiger partial charge in [-0.3, -0.25) is 0 Å². The fraction of sp³-hybridized carbons (Fsp3) is 0. The van der Waals surface area contributed by atoms with E-state index in [4.69, 9.17) is 4.42 Å². The molecule has 0 bridgehead atoms. The summed E-state index contributed by atoms with van der Waals surface area (Å²) in [5.74, 6) is 0. The number of para-hydroxylation sites is 1. The van der Waals surface area contributed by atoms with Crippen LogP contribution >= 0.6 is 11.3 Å². The van der Waals surface area contributed by atoms with Gasteiger partial charge >= 0.3 is 0 Å². The number of hydrogen-bond donors (Lipinski definition) is 0. The molecule has 2 heterocycles. The van der Waals surface area contributed by atoms with Crippen LogP contribution in [0.25, 0.3) is 85.9 Å². The Morgan fingerprint density at radius 2 is 1.09 bits per heavy atom. The highest BCUT2D eigenvalue weighted by Crippen LogP contribution is 2.48. The zero-order valence-corrected chi connectivity index (χ0v) is 29.5. The van der Waals surface area contributed by atoms with Crippen molar-refractivity contribution in [3.63, 3.8) is 0 Å². The minimum Gasteiger partial charge on any atom is -0.455 e. The standard InChI is InChI=1S/C50H31NOS/c1-2-11-33(12-3-1)38-29-30-45(49-43-16-6-8-19-46(43)52-50(38)49)51(44-18-10-17-39-37-14-5-4-13-34(37)23-27-40(39)44)36-25-21-32(22-26-36)35-24-28-42-41-15-7-9-20-47(41)53-48(42)31-35/h1-31H. The molecule has 248 valence electrons. The lowest BCUT2D eigenvalue weighted by Gasteiger charge is -2.28. The number of furan rings is 1. The van der Waals surface area contributed by atoms with Crippen molar-refractivity contribution in [2.24, 2.45) is 0 Å². The van der Waals surface area contributed by atoms with E-state index < -0.39 is 0 Å². The lowest BCUT2D eigenvalue weighted by atomic mass is 9.97. The van der Waals surface area contributed by atoms with Crippen LogP contribution in [-0.2, 0) is 0 Å². The summed E-state index contributed by atoms with van der Waals surface area (Å²) in [6.07, 6.45) is 0. The van der Waals surface area contributed by atoms with Gasteiger partial charge in [-0.2, -0.15) is 0 Å². The van der Waals surface area contributed by atoms with E-state index in [0.29, 0.717) is 0 Å². The number of nitrogens with zero attached hydrogens (tertiary/aromatic N) is 1. The topological polar surface area (TPSA) is 16.4 Å². The van der Waals surface area contributed by atoms with Gasteiger partial charge in [-0.25, -0.2) is 0 Å². The van der Waals surface area contributed by atoms with E-state index in [2.05, 4.69) is 193 Å². The fourth-order valence-corrected chi connectivity index (χ4v) is 9.32. The molecule has 3 heteroatoms. The molecule has 0 unspecified atom stereocenters. The highest BCUT2D eigenvalue weighted by molar-refractivity contribution is 7.25. The third kappa shape index (κ3) is 4.78. The molecule has 0 spiro atoms. The van der Waals surface area contributed by atoms with Crippen LogP contribution in [0.4, 0.5) is 17.1 Å². The second-order valence-corrected chi connectivity index (χ2v) is 14.7. The van der Waals surface area contributed by atoms with E-state index in [1.54, 1.807) is 0 Å². The van der Waals surface area contributed by atoms with Crippen LogP contribution in [-0.4, -0.2) is 0 Å². The Hall–Kier alpha value is -6.68. The number of anilines is 3. The molecule has 0 atom stereocenters. The highest BCUT2D eigenvalue weighted by atomic mass is 32.1. The monoisotopic (exact) mass is 693 g/mol. The molecule has 9 aromatic carbocycles. The van der Waals surface area contributed by atoms with Crippen LogP contribution in [0.1, 0.15) is 0 Å². The predicted molar refractivity (Wildman–Crippen MR) is 227 cm³/mol. The summed E-state index contributed by atoms with van der Waals surface area (Å²) in [7, 11) is 0. The first kappa shape index (κ1) is 30.0. The third-order valence-corrected chi connectivity index (χ3v) is 11.8.